The van der Waals surface area contributed by atoms with E-state index < -0.39 is 0 Å². The molecular weight excluding hydrogens is 333 g/mol. The van der Waals surface area contributed by atoms with Crippen molar-refractivity contribution in [3.05, 3.63) is 22.7 Å². The molecule has 23 heavy (non-hydrogen) atoms. The first-order valence-corrected chi connectivity index (χ1v) is 8.20. The van der Waals surface area contributed by atoms with Gasteiger partial charge in [0, 0.05) is 28.7 Å². The monoisotopic (exact) mass is 363 g/mol. The van der Waals surface area contributed by atoms with Crippen LogP contribution in [0.3, 0.4) is 0 Å². The van der Waals surface area contributed by atoms with Gasteiger partial charge in [-0.1, -0.05) is 32.4 Å². The van der Waals surface area contributed by atoms with E-state index in [0.717, 1.165) is 17.7 Å². The molecule has 0 aliphatic carbocycles. The molecular formula is C18H31Cl2NO2. The maximum atomic E-state index is 6.19. The highest BCUT2D eigenvalue weighted by Crippen LogP contribution is 2.35. The summed E-state index contributed by atoms with van der Waals surface area (Å²) in [6.45, 7) is 14.5. The largest absolute Gasteiger partial charge is 0.493 e. The van der Waals surface area contributed by atoms with Crippen molar-refractivity contribution in [1.82, 2.24) is 5.32 Å². The topological polar surface area (TPSA) is 30.5 Å². The van der Waals surface area contributed by atoms with Crippen molar-refractivity contribution in [2.24, 2.45) is 5.41 Å². The Morgan fingerprint density at radius 1 is 1.13 bits per heavy atom. The van der Waals surface area contributed by atoms with Crippen LogP contribution in [0, 0.1) is 5.41 Å². The summed E-state index contributed by atoms with van der Waals surface area (Å²) < 4.78 is 11.2. The molecule has 0 bridgehead atoms. The molecule has 0 spiro atoms. The highest BCUT2D eigenvalue weighted by molar-refractivity contribution is 6.30. The summed E-state index contributed by atoms with van der Waals surface area (Å²) in [5, 5.41) is 4.27. The van der Waals surface area contributed by atoms with Crippen LogP contribution >= 0.6 is 24.0 Å². The number of ether oxygens (including phenoxy) is 2. The van der Waals surface area contributed by atoms with Crippen LogP contribution < -0.4 is 14.8 Å². The van der Waals surface area contributed by atoms with Crippen molar-refractivity contribution in [2.45, 2.75) is 60.0 Å². The third kappa shape index (κ3) is 7.65. The van der Waals surface area contributed by atoms with E-state index in [4.69, 9.17) is 21.1 Å². The van der Waals surface area contributed by atoms with Crippen LogP contribution in [0.1, 0.15) is 53.5 Å². The predicted octanol–water partition coefficient (Wildman–Crippen LogP) is 5.47. The molecule has 0 aliphatic heterocycles. The summed E-state index contributed by atoms with van der Waals surface area (Å²) in [5.74, 6) is 1.45. The molecule has 0 unspecified atom stereocenters. The Morgan fingerprint density at radius 2 is 1.74 bits per heavy atom. The van der Waals surface area contributed by atoms with E-state index in [2.05, 4.69) is 39.9 Å². The fourth-order valence-electron chi connectivity index (χ4n) is 2.94. The Kier molecular flexibility index (Phi) is 8.75. The van der Waals surface area contributed by atoms with Gasteiger partial charge in [-0.05, 0) is 38.7 Å². The Bertz CT molecular complexity index is 497. The average Bonchev–Trinajstić information content (AvgIpc) is 2.36. The molecule has 0 aromatic heterocycles. The summed E-state index contributed by atoms with van der Waals surface area (Å²) >= 11 is 6.19. The fraction of sp³-hybridized carbons (Fsp3) is 0.667. The van der Waals surface area contributed by atoms with Gasteiger partial charge >= 0.3 is 0 Å². The van der Waals surface area contributed by atoms with E-state index >= 15 is 0 Å². The van der Waals surface area contributed by atoms with Gasteiger partial charge in [0.2, 0.25) is 0 Å². The zero-order valence-electron chi connectivity index (χ0n) is 15.4. The lowest BCUT2D eigenvalue weighted by Gasteiger charge is -2.33. The van der Waals surface area contributed by atoms with Crippen LogP contribution in [0.15, 0.2) is 12.1 Å². The minimum absolute atomic E-state index is 0. The van der Waals surface area contributed by atoms with Gasteiger partial charge in [-0.2, -0.15) is 0 Å². The number of hydrogen-bond acceptors (Lipinski definition) is 3. The van der Waals surface area contributed by atoms with Crippen molar-refractivity contribution in [3.63, 3.8) is 0 Å². The second kappa shape index (κ2) is 9.00. The molecule has 0 fully saturated rings. The van der Waals surface area contributed by atoms with Crippen molar-refractivity contribution in [1.29, 1.82) is 0 Å². The van der Waals surface area contributed by atoms with Gasteiger partial charge in [-0.25, -0.2) is 0 Å². The van der Waals surface area contributed by atoms with Crippen molar-refractivity contribution in [2.75, 3.05) is 13.7 Å². The van der Waals surface area contributed by atoms with Crippen LogP contribution in [-0.4, -0.2) is 19.3 Å². The molecule has 0 heterocycles. The molecule has 1 aromatic carbocycles. The quantitative estimate of drug-likeness (QED) is 0.696. The normalized spacial score (nSPS) is 11.8. The van der Waals surface area contributed by atoms with E-state index in [1.807, 2.05) is 13.0 Å². The molecule has 0 amide bonds. The minimum atomic E-state index is 0. The van der Waals surface area contributed by atoms with Crippen molar-refractivity contribution < 1.29 is 9.47 Å². The van der Waals surface area contributed by atoms with Gasteiger partial charge in [0.15, 0.2) is 11.5 Å². The van der Waals surface area contributed by atoms with Crippen LogP contribution in [0.2, 0.25) is 5.02 Å². The fourth-order valence-corrected chi connectivity index (χ4v) is 3.17. The molecule has 134 valence electrons. The molecule has 0 saturated carbocycles. The lowest BCUT2D eigenvalue weighted by Crippen LogP contribution is -2.41. The summed E-state index contributed by atoms with van der Waals surface area (Å²) in [6, 6.07) is 3.73. The highest BCUT2D eigenvalue weighted by Gasteiger charge is 2.25. The minimum Gasteiger partial charge on any atom is -0.493 e. The Balaban J connectivity index is 0.00000484. The third-order valence-corrected chi connectivity index (χ3v) is 3.55. The standard InChI is InChI=1S/C18H30ClNO2.ClH/c1-8-22-16-13(9-14(19)10-15(16)21-7)11-20-18(5,6)12-17(2,3)4;/h9-10,20H,8,11-12H2,1-7H3;1H. The molecule has 1 rings (SSSR count). The SMILES string of the molecule is CCOc1c(CNC(C)(C)CC(C)(C)C)cc(Cl)cc1OC.Cl. The van der Waals surface area contributed by atoms with Crippen LogP contribution in [-0.2, 0) is 6.54 Å². The zero-order chi connectivity index (χ0) is 17.0. The highest BCUT2D eigenvalue weighted by atomic mass is 35.5. The number of hydrogen-bond donors (Lipinski definition) is 1. The van der Waals surface area contributed by atoms with Crippen LogP contribution in [0.5, 0.6) is 11.5 Å². The molecule has 3 nitrogen and oxygen atoms in total. The number of nitrogens with one attached hydrogen (secondary N) is 1. The molecule has 0 saturated heterocycles. The first-order valence-electron chi connectivity index (χ1n) is 7.82. The van der Waals surface area contributed by atoms with Gasteiger partial charge in [0.05, 0.1) is 13.7 Å². The zero-order valence-corrected chi connectivity index (χ0v) is 17.0. The number of halogens is 2. The van der Waals surface area contributed by atoms with E-state index in [-0.39, 0.29) is 23.4 Å². The molecule has 0 aliphatic rings. The van der Waals surface area contributed by atoms with Crippen LogP contribution in [0.4, 0.5) is 0 Å². The van der Waals surface area contributed by atoms with Gasteiger partial charge in [-0.3, -0.25) is 0 Å². The molecule has 0 radical (unpaired) electrons. The van der Waals surface area contributed by atoms with E-state index in [0.29, 0.717) is 23.9 Å². The third-order valence-electron chi connectivity index (χ3n) is 3.33. The number of methoxy groups -OCH3 is 1. The molecule has 1 N–H and O–H groups in total. The second-order valence-corrected chi connectivity index (χ2v) is 7.94. The van der Waals surface area contributed by atoms with Gasteiger partial charge < -0.3 is 14.8 Å². The van der Waals surface area contributed by atoms with Gasteiger partial charge in [-0.15, -0.1) is 12.4 Å². The van der Waals surface area contributed by atoms with Crippen LogP contribution in [0.25, 0.3) is 0 Å². The number of benzene rings is 1. The number of rotatable bonds is 7. The van der Waals surface area contributed by atoms with Crippen molar-refractivity contribution >= 4 is 24.0 Å². The smallest absolute Gasteiger partial charge is 0.165 e. The van der Waals surface area contributed by atoms with E-state index in [9.17, 15) is 0 Å². The summed E-state index contributed by atoms with van der Waals surface area (Å²) in [6.07, 6.45) is 1.07. The first-order chi connectivity index (χ1) is 10.1. The maximum Gasteiger partial charge on any atom is 0.165 e. The summed E-state index contributed by atoms with van der Waals surface area (Å²) in [4.78, 5) is 0. The lowest BCUT2D eigenvalue weighted by atomic mass is 9.81. The average molecular weight is 364 g/mol. The summed E-state index contributed by atoms with van der Waals surface area (Å²) in [7, 11) is 1.63. The Morgan fingerprint density at radius 3 is 2.22 bits per heavy atom. The van der Waals surface area contributed by atoms with Gasteiger partial charge in [0.1, 0.15) is 0 Å². The maximum absolute atomic E-state index is 6.19. The molecule has 0 atom stereocenters. The Labute approximate surface area is 152 Å². The lowest BCUT2D eigenvalue weighted by molar-refractivity contribution is 0.238. The predicted molar refractivity (Wildman–Crippen MR) is 101 cm³/mol. The molecule has 1 aromatic rings. The summed E-state index contributed by atoms with van der Waals surface area (Å²) in [5.41, 5.74) is 1.32. The second-order valence-electron chi connectivity index (χ2n) is 7.50. The van der Waals surface area contributed by atoms with E-state index in [1.54, 1.807) is 13.2 Å². The van der Waals surface area contributed by atoms with E-state index in [1.165, 1.54) is 0 Å². The first kappa shape index (κ1) is 22.4. The van der Waals surface area contributed by atoms with Crippen molar-refractivity contribution in [3.8, 4) is 11.5 Å². The molecule has 5 heteroatoms. The Hall–Kier alpha value is -0.640. The van der Waals surface area contributed by atoms with Gasteiger partial charge in [0.25, 0.3) is 0 Å².